The molecule has 2 aromatic heterocycles. The molecular weight excluding hydrogens is 481 g/mol. The van der Waals surface area contributed by atoms with Crippen molar-refractivity contribution in [1.82, 2.24) is 24.6 Å². The van der Waals surface area contributed by atoms with E-state index < -0.39 is 33.9 Å². The van der Waals surface area contributed by atoms with E-state index >= 15 is 0 Å². The van der Waals surface area contributed by atoms with Crippen molar-refractivity contribution in [2.24, 2.45) is 11.8 Å². The third kappa shape index (κ3) is 4.34. The number of rotatable bonds is 6. The first kappa shape index (κ1) is 23.9. The highest BCUT2D eigenvalue weighted by Crippen LogP contribution is 2.33. The van der Waals surface area contributed by atoms with Crippen LogP contribution in [-0.4, -0.2) is 53.9 Å². The predicted molar refractivity (Wildman–Crippen MR) is 124 cm³/mol. The Bertz CT molecular complexity index is 1380. The van der Waals surface area contributed by atoms with Gasteiger partial charge in [-0.2, -0.15) is 4.31 Å². The lowest BCUT2D eigenvalue weighted by molar-refractivity contribution is 0.146. The van der Waals surface area contributed by atoms with Gasteiger partial charge in [-0.25, -0.2) is 36.5 Å². The van der Waals surface area contributed by atoms with Gasteiger partial charge in [0.1, 0.15) is 17.5 Å². The summed E-state index contributed by atoms with van der Waals surface area (Å²) in [6.45, 7) is 5.74. The van der Waals surface area contributed by atoms with E-state index in [1.165, 1.54) is 28.7 Å². The van der Waals surface area contributed by atoms with E-state index in [-0.39, 0.29) is 28.2 Å². The van der Waals surface area contributed by atoms with Crippen molar-refractivity contribution in [2.45, 2.75) is 31.3 Å². The van der Waals surface area contributed by atoms with Gasteiger partial charge in [-0.3, -0.25) is 0 Å². The van der Waals surface area contributed by atoms with Crippen molar-refractivity contribution in [3.8, 4) is 0 Å². The Morgan fingerprint density at radius 2 is 1.83 bits per heavy atom. The summed E-state index contributed by atoms with van der Waals surface area (Å²) in [4.78, 5) is 12.9. The fourth-order valence-corrected chi connectivity index (χ4v) is 6.37. The van der Waals surface area contributed by atoms with E-state index in [0.717, 1.165) is 19.2 Å². The van der Waals surface area contributed by atoms with E-state index in [1.807, 2.05) is 0 Å². The summed E-state index contributed by atoms with van der Waals surface area (Å²) in [5, 5.41) is 6.61. The van der Waals surface area contributed by atoms with Crippen LogP contribution in [0.25, 0.3) is 10.9 Å². The third-order valence-corrected chi connectivity index (χ3v) is 8.47. The highest BCUT2D eigenvalue weighted by Gasteiger charge is 2.42. The van der Waals surface area contributed by atoms with Gasteiger partial charge >= 0.3 is 0 Å². The maximum absolute atomic E-state index is 14.7. The molecule has 35 heavy (non-hydrogen) atoms. The zero-order valence-electron chi connectivity index (χ0n) is 19.2. The number of halogens is 3. The molecule has 186 valence electrons. The van der Waals surface area contributed by atoms with Crippen LogP contribution in [-0.2, 0) is 10.0 Å². The molecule has 2 fully saturated rings. The molecule has 2 aliphatic heterocycles. The maximum atomic E-state index is 14.7. The number of hydrogen-bond acceptors (Lipinski definition) is 7. The highest BCUT2D eigenvalue weighted by atomic mass is 32.2. The standard InChI is InChI=1S/C23H25F3N6O2S/c1-12(16-4-3-5-17(21(16)24)22(25)26)29-23-18-6-20(28-9-19(18)30-13(2)31-23)35(33,34)32-10-14-7-27-8-15(14)11-32/h3-6,9,12,14-15,22,27H,7-8,10-11H2,1-2H3,(H,29,30,31)/t12-,14?,15?/m1/s1. The largest absolute Gasteiger partial charge is 0.363 e. The molecule has 12 heteroatoms. The first-order chi connectivity index (χ1) is 16.6. The van der Waals surface area contributed by atoms with Gasteiger partial charge in [-0.05, 0) is 44.8 Å². The predicted octanol–water partition coefficient (Wildman–Crippen LogP) is 3.42. The zero-order valence-corrected chi connectivity index (χ0v) is 20.0. The van der Waals surface area contributed by atoms with Crippen molar-refractivity contribution in [1.29, 1.82) is 0 Å². The van der Waals surface area contributed by atoms with Crippen LogP contribution in [0.1, 0.15) is 36.3 Å². The molecule has 3 atom stereocenters. The number of pyridine rings is 1. The number of nitrogens with one attached hydrogen (secondary N) is 2. The van der Waals surface area contributed by atoms with Crippen molar-refractivity contribution < 1.29 is 21.6 Å². The topological polar surface area (TPSA) is 100 Å². The number of fused-ring (bicyclic) bond motifs is 2. The zero-order chi connectivity index (χ0) is 24.9. The molecule has 0 aliphatic carbocycles. The molecule has 2 aliphatic rings. The van der Waals surface area contributed by atoms with Gasteiger partial charge in [0, 0.05) is 24.0 Å². The van der Waals surface area contributed by atoms with Gasteiger partial charge in [0.2, 0.25) is 0 Å². The molecule has 2 N–H and O–H groups in total. The molecule has 0 bridgehead atoms. The number of alkyl halides is 2. The molecule has 0 radical (unpaired) electrons. The normalized spacial score (nSPS) is 21.5. The second-order valence-electron chi connectivity index (χ2n) is 9.08. The van der Waals surface area contributed by atoms with Crippen LogP contribution in [0.5, 0.6) is 0 Å². The van der Waals surface area contributed by atoms with Crippen molar-refractivity contribution in [3.63, 3.8) is 0 Å². The van der Waals surface area contributed by atoms with Crippen LogP contribution in [0.15, 0.2) is 35.5 Å². The molecule has 1 aromatic carbocycles. The molecule has 4 heterocycles. The van der Waals surface area contributed by atoms with E-state index in [0.29, 0.717) is 29.8 Å². The Hall–Kier alpha value is -2.83. The maximum Gasteiger partial charge on any atom is 0.266 e. The molecule has 0 spiro atoms. The van der Waals surface area contributed by atoms with Crippen LogP contribution in [0.4, 0.5) is 19.0 Å². The number of aromatic nitrogens is 3. The van der Waals surface area contributed by atoms with Crippen molar-refractivity contribution in [2.75, 3.05) is 31.5 Å². The fourth-order valence-electron chi connectivity index (χ4n) is 4.88. The SMILES string of the molecule is Cc1nc(N[C@H](C)c2cccc(C(F)F)c2F)c2cc(S(=O)(=O)N3CC4CNCC4C3)ncc2n1. The van der Waals surface area contributed by atoms with Crippen LogP contribution < -0.4 is 10.6 Å². The number of benzene rings is 1. The minimum absolute atomic E-state index is 0.0475. The smallest absolute Gasteiger partial charge is 0.266 e. The van der Waals surface area contributed by atoms with Crippen molar-refractivity contribution >= 4 is 26.7 Å². The number of sulfonamides is 1. The third-order valence-electron chi connectivity index (χ3n) is 6.74. The molecule has 8 nitrogen and oxygen atoms in total. The molecule has 0 amide bonds. The number of anilines is 1. The Morgan fingerprint density at radius 3 is 2.51 bits per heavy atom. The first-order valence-corrected chi connectivity index (χ1v) is 12.8. The first-order valence-electron chi connectivity index (χ1n) is 11.3. The fraction of sp³-hybridized carbons (Fsp3) is 0.435. The Morgan fingerprint density at radius 1 is 1.14 bits per heavy atom. The average Bonchev–Trinajstić information content (AvgIpc) is 3.41. The van der Waals surface area contributed by atoms with Crippen molar-refractivity contribution in [3.05, 3.63) is 53.2 Å². The summed E-state index contributed by atoms with van der Waals surface area (Å²) in [7, 11) is -3.83. The Labute approximate surface area is 201 Å². The summed E-state index contributed by atoms with van der Waals surface area (Å²) < 4.78 is 69.2. The Kier molecular flexibility index (Phi) is 6.14. The summed E-state index contributed by atoms with van der Waals surface area (Å²) in [5.41, 5.74) is -0.218. The summed E-state index contributed by atoms with van der Waals surface area (Å²) in [5.74, 6) is 0.243. The van der Waals surface area contributed by atoms with E-state index in [4.69, 9.17) is 0 Å². The Balaban J connectivity index is 1.50. The number of aryl methyl sites for hydroxylation is 1. The number of nitrogens with zero attached hydrogens (tertiary/aromatic N) is 4. The van der Waals surface area contributed by atoms with E-state index in [2.05, 4.69) is 25.6 Å². The van der Waals surface area contributed by atoms with Crippen LogP contribution >= 0.6 is 0 Å². The van der Waals surface area contributed by atoms with Gasteiger partial charge in [0.15, 0.2) is 5.03 Å². The van der Waals surface area contributed by atoms with Gasteiger partial charge in [0.05, 0.1) is 23.3 Å². The van der Waals surface area contributed by atoms with E-state index in [9.17, 15) is 21.6 Å². The van der Waals surface area contributed by atoms with Crippen LogP contribution in [0, 0.1) is 24.6 Å². The van der Waals surface area contributed by atoms with Crippen LogP contribution in [0.2, 0.25) is 0 Å². The summed E-state index contributed by atoms with van der Waals surface area (Å²) in [6.07, 6.45) is -1.56. The number of hydrogen-bond donors (Lipinski definition) is 2. The molecule has 2 saturated heterocycles. The van der Waals surface area contributed by atoms with Gasteiger partial charge in [-0.1, -0.05) is 18.2 Å². The molecule has 2 unspecified atom stereocenters. The lowest BCUT2D eigenvalue weighted by Gasteiger charge is -2.20. The lowest BCUT2D eigenvalue weighted by Crippen LogP contribution is -2.32. The lowest BCUT2D eigenvalue weighted by atomic mass is 10.0. The van der Waals surface area contributed by atoms with Gasteiger partial charge < -0.3 is 10.6 Å². The summed E-state index contributed by atoms with van der Waals surface area (Å²) >= 11 is 0. The molecular formula is C23H25F3N6O2S. The second-order valence-corrected chi connectivity index (χ2v) is 11.0. The second kappa shape index (κ2) is 8.99. The molecule has 0 saturated carbocycles. The monoisotopic (exact) mass is 506 g/mol. The molecule has 3 aromatic rings. The van der Waals surface area contributed by atoms with Crippen LogP contribution in [0.3, 0.4) is 0 Å². The quantitative estimate of drug-likeness (QED) is 0.529. The minimum Gasteiger partial charge on any atom is -0.363 e. The summed E-state index contributed by atoms with van der Waals surface area (Å²) in [6, 6.07) is 4.52. The van der Waals surface area contributed by atoms with E-state index in [1.54, 1.807) is 13.8 Å². The average molecular weight is 507 g/mol. The molecule has 5 rings (SSSR count). The minimum atomic E-state index is -3.83. The van der Waals surface area contributed by atoms with Gasteiger partial charge in [0.25, 0.3) is 16.4 Å². The highest BCUT2D eigenvalue weighted by molar-refractivity contribution is 7.89. The van der Waals surface area contributed by atoms with Gasteiger partial charge in [-0.15, -0.1) is 0 Å².